The van der Waals surface area contributed by atoms with Crippen molar-refractivity contribution in [2.75, 3.05) is 32.0 Å². The zero-order chi connectivity index (χ0) is 17.3. The minimum Gasteiger partial charge on any atom is -0.336 e. The van der Waals surface area contributed by atoms with Crippen LogP contribution in [0.3, 0.4) is 0 Å². The van der Waals surface area contributed by atoms with E-state index >= 15 is 0 Å². The summed E-state index contributed by atoms with van der Waals surface area (Å²) in [5.74, 6) is 11.1. The Kier molecular flexibility index (Phi) is 5.45. The lowest BCUT2D eigenvalue weighted by atomic mass is 9.92. The molecule has 0 bridgehead atoms. The molecule has 6 nitrogen and oxygen atoms in total. The predicted molar refractivity (Wildman–Crippen MR) is 96.6 cm³/mol. The molecular weight excluding hydrogens is 300 g/mol. The van der Waals surface area contributed by atoms with Crippen molar-refractivity contribution in [3.05, 3.63) is 11.6 Å². The third kappa shape index (κ3) is 4.28. The summed E-state index contributed by atoms with van der Waals surface area (Å²) in [4.78, 5) is 4.95. The van der Waals surface area contributed by atoms with Gasteiger partial charge in [0.2, 0.25) is 0 Å². The Bertz CT molecular complexity index is 476. The SMILES string of the molecule is C[C@@H]1C[C@H](C)CN(Cc2nnc(CN3C[C@@H](C)C[C@H](C)C3)n2N)C1. The molecule has 24 heavy (non-hydrogen) atoms. The van der Waals surface area contributed by atoms with Gasteiger partial charge in [-0.25, -0.2) is 4.68 Å². The highest BCUT2D eigenvalue weighted by atomic mass is 15.4. The van der Waals surface area contributed by atoms with Crippen molar-refractivity contribution in [3.63, 3.8) is 0 Å². The number of nitrogen functional groups attached to an aromatic ring is 1. The van der Waals surface area contributed by atoms with E-state index in [9.17, 15) is 0 Å². The number of nitrogens with two attached hydrogens (primary N) is 1. The molecule has 0 radical (unpaired) electrons. The molecule has 136 valence electrons. The van der Waals surface area contributed by atoms with Crippen LogP contribution in [0.2, 0.25) is 0 Å². The summed E-state index contributed by atoms with van der Waals surface area (Å²) in [6.07, 6.45) is 2.64. The quantitative estimate of drug-likeness (QED) is 0.853. The molecule has 0 amide bonds. The lowest BCUT2D eigenvalue weighted by molar-refractivity contribution is 0.127. The molecular formula is C18H34N6. The molecule has 1 aromatic rings. The fraction of sp³-hybridized carbons (Fsp3) is 0.889. The van der Waals surface area contributed by atoms with E-state index in [2.05, 4.69) is 47.7 Å². The van der Waals surface area contributed by atoms with Gasteiger partial charge < -0.3 is 5.84 Å². The molecule has 1 aromatic heterocycles. The standard InChI is InChI=1S/C18H34N6/c1-13-5-14(2)8-22(7-13)11-17-20-21-18(24(17)19)12-23-9-15(3)6-16(4)10-23/h13-16H,5-12,19H2,1-4H3/t13-,14-,15-,16+/m0/s1. The smallest absolute Gasteiger partial charge is 0.165 e. The molecule has 2 fully saturated rings. The maximum absolute atomic E-state index is 6.31. The van der Waals surface area contributed by atoms with Crippen molar-refractivity contribution in [1.82, 2.24) is 24.7 Å². The van der Waals surface area contributed by atoms with Crippen molar-refractivity contribution in [2.45, 2.75) is 53.6 Å². The van der Waals surface area contributed by atoms with Crippen LogP contribution in [0, 0.1) is 23.7 Å². The van der Waals surface area contributed by atoms with E-state index in [4.69, 9.17) is 5.84 Å². The van der Waals surface area contributed by atoms with E-state index in [1.54, 1.807) is 4.68 Å². The summed E-state index contributed by atoms with van der Waals surface area (Å²) in [5.41, 5.74) is 0. The third-order valence-corrected chi connectivity index (χ3v) is 5.46. The van der Waals surface area contributed by atoms with Crippen molar-refractivity contribution in [1.29, 1.82) is 0 Å². The van der Waals surface area contributed by atoms with Gasteiger partial charge in [0.05, 0.1) is 13.1 Å². The predicted octanol–water partition coefficient (Wildman–Crippen LogP) is 1.95. The first-order valence-corrected chi connectivity index (χ1v) is 9.53. The highest BCUT2D eigenvalue weighted by molar-refractivity contribution is 4.97. The van der Waals surface area contributed by atoms with Crippen LogP contribution in [0.25, 0.3) is 0 Å². The maximum Gasteiger partial charge on any atom is 0.165 e. The average molecular weight is 335 g/mol. The number of nitrogens with zero attached hydrogens (tertiary/aromatic N) is 5. The summed E-state index contributed by atoms with van der Waals surface area (Å²) in [7, 11) is 0. The highest BCUT2D eigenvalue weighted by Gasteiger charge is 2.26. The van der Waals surface area contributed by atoms with E-state index in [1.807, 2.05) is 0 Å². The summed E-state index contributed by atoms with van der Waals surface area (Å²) < 4.78 is 1.73. The first-order valence-electron chi connectivity index (χ1n) is 9.53. The lowest BCUT2D eigenvalue weighted by Crippen LogP contribution is -2.40. The Labute approximate surface area is 146 Å². The highest BCUT2D eigenvalue weighted by Crippen LogP contribution is 2.23. The molecule has 2 aliphatic rings. The van der Waals surface area contributed by atoms with E-state index in [0.29, 0.717) is 0 Å². The van der Waals surface area contributed by atoms with Crippen molar-refractivity contribution < 1.29 is 0 Å². The molecule has 0 spiro atoms. The second-order valence-electron chi connectivity index (χ2n) is 8.68. The summed E-state index contributed by atoms with van der Waals surface area (Å²) in [5, 5.41) is 8.77. The van der Waals surface area contributed by atoms with Crippen LogP contribution in [0.1, 0.15) is 52.2 Å². The first kappa shape index (κ1) is 17.7. The van der Waals surface area contributed by atoms with Crippen LogP contribution in [0.5, 0.6) is 0 Å². The van der Waals surface area contributed by atoms with Gasteiger partial charge in [-0.15, -0.1) is 10.2 Å². The molecule has 0 saturated carbocycles. The number of rotatable bonds is 4. The van der Waals surface area contributed by atoms with E-state index in [0.717, 1.165) is 74.6 Å². The monoisotopic (exact) mass is 334 g/mol. The van der Waals surface area contributed by atoms with Crippen molar-refractivity contribution in [3.8, 4) is 0 Å². The zero-order valence-electron chi connectivity index (χ0n) is 15.8. The van der Waals surface area contributed by atoms with Gasteiger partial charge in [0, 0.05) is 26.2 Å². The van der Waals surface area contributed by atoms with Gasteiger partial charge in [0.25, 0.3) is 0 Å². The maximum atomic E-state index is 6.31. The summed E-state index contributed by atoms with van der Waals surface area (Å²) in [6.45, 7) is 15.5. The third-order valence-electron chi connectivity index (χ3n) is 5.46. The number of piperidine rings is 2. The van der Waals surface area contributed by atoms with Gasteiger partial charge in [0.1, 0.15) is 0 Å². The Balaban J connectivity index is 1.61. The largest absolute Gasteiger partial charge is 0.336 e. The second-order valence-corrected chi connectivity index (χ2v) is 8.68. The van der Waals surface area contributed by atoms with Gasteiger partial charge in [-0.05, 0) is 36.5 Å². The molecule has 2 N–H and O–H groups in total. The van der Waals surface area contributed by atoms with Gasteiger partial charge >= 0.3 is 0 Å². The first-order chi connectivity index (χ1) is 11.4. The van der Waals surface area contributed by atoms with Crippen molar-refractivity contribution in [2.24, 2.45) is 23.7 Å². The molecule has 6 heteroatoms. The van der Waals surface area contributed by atoms with Crippen LogP contribution in [0.4, 0.5) is 0 Å². The molecule has 2 saturated heterocycles. The van der Waals surface area contributed by atoms with Crippen molar-refractivity contribution >= 4 is 0 Å². The molecule has 3 rings (SSSR count). The van der Waals surface area contributed by atoms with E-state index in [1.165, 1.54) is 12.8 Å². The van der Waals surface area contributed by atoms with Gasteiger partial charge in [-0.1, -0.05) is 27.7 Å². The fourth-order valence-corrected chi connectivity index (χ4v) is 4.82. The number of aromatic nitrogens is 3. The molecule has 0 aromatic carbocycles. The average Bonchev–Trinajstić information content (AvgIpc) is 2.78. The van der Waals surface area contributed by atoms with Crippen LogP contribution < -0.4 is 5.84 Å². The Morgan fingerprint density at radius 3 is 1.42 bits per heavy atom. The van der Waals surface area contributed by atoms with Gasteiger partial charge in [-0.3, -0.25) is 9.80 Å². The molecule has 0 unspecified atom stereocenters. The minimum atomic E-state index is 0.749. The minimum absolute atomic E-state index is 0.749. The van der Waals surface area contributed by atoms with Gasteiger partial charge in [0.15, 0.2) is 11.6 Å². The van der Waals surface area contributed by atoms with Crippen LogP contribution >= 0.6 is 0 Å². The van der Waals surface area contributed by atoms with Crippen LogP contribution in [-0.2, 0) is 13.1 Å². The number of hydrogen-bond acceptors (Lipinski definition) is 5. The summed E-state index contributed by atoms with van der Waals surface area (Å²) in [6, 6.07) is 0. The lowest BCUT2D eigenvalue weighted by Gasteiger charge is -2.35. The second kappa shape index (κ2) is 7.40. The summed E-state index contributed by atoms with van der Waals surface area (Å²) >= 11 is 0. The Morgan fingerprint density at radius 1 is 0.750 bits per heavy atom. The van der Waals surface area contributed by atoms with Gasteiger partial charge in [-0.2, -0.15) is 0 Å². The van der Waals surface area contributed by atoms with E-state index < -0.39 is 0 Å². The van der Waals surface area contributed by atoms with Crippen LogP contribution in [0.15, 0.2) is 0 Å². The van der Waals surface area contributed by atoms with Crippen LogP contribution in [-0.4, -0.2) is 50.9 Å². The topological polar surface area (TPSA) is 63.2 Å². The normalized spacial score (nSPS) is 33.0. The fourth-order valence-electron chi connectivity index (χ4n) is 4.82. The Morgan fingerprint density at radius 2 is 1.08 bits per heavy atom. The number of hydrogen-bond donors (Lipinski definition) is 1. The molecule has 0 aliphatic carbocycles. The zero-order valence-corrected chi connectivity index (χ0v) is 15.8. The molecule has 3 heterocycles. The molecule has 2 aliphatic heterocycles. The molecule has 4 atom stereocenters. The number of likely N-dealkylation sites (tertiary alicyclic amines) is 2. The Hall–Kier alpha value is -1.14. The van der Waals surface area contributed by atoms with E-state index in [-0.39, 0.29) is 0 Å².